The van der Waals surface area contributed by atoms with E-state index in [1.165, 1.54) is 36.7 Å². The number of fused-ring (bicyclic) bond motifs is 4. The molecular weight excluding hydrogens is 467 g/mol. The van der Waals surface area contributed by atoms with Crippen molar-refractivity contribution in [3.05, 3.63) is 71.9 Å². The summed E-state index contributed by atoms with van der Waals surface area (Å²) in [5, 5.41) is 4.94. The van der Waals surface area contributed by atoms with Gasteiger partial charge in [-0.25, -0.2) is 0 Å². The van der Waals surface area contributed by atoms with E-state index in [0.29, 0.717) is 6.17 Å². The number of pyridine rings is 1. The first-order chi connectivity index (χ1) is 15.4. The Bertz CT molecular complexity index is 1550. The molecule has 0 amide bonds. The first-order valence-corrected chi connectivity index (χ1v) is 19.5. The molecule has 0 unspecified atom stereocenters. The molecule has 0 aliphatic heterocycles. The molecule has 2 heterocycles. The minimum absolute atomic E-state index is 0.0118. The van der Waals surface area contributed by atoms with E-state index in [4.69, 9.17) is 6.35 Å². The molecule has 5 aromatic rings. The first-order valence-electron chi connectivity index (χ1n) is 11.8. The average molecular weight is 499 g/mol. The number of aryl methyl sites for hydroxylation is 1. The number of thiophene rings is 1. The average Bonchev–Trinajstić information content (AvgIpc) is 3.10. The Labute approximate surface area is 199 Å². The van der Waals surface area contributed by atoms with Crippen LogP contribution in [0, 0.1) is 6.92 Å². The van der Waals surface area contributed by atoms with Gasteiger partial charge in [-0.05, 0) is 0 Å². The second-order valence-electron chi connectivity index (χ2n) is 10.9. The van der Waals surface area contributed by atoms with Crippen molar-refractivity contribution in [2.45, 2.75) is 50.4 Å². The molecular formula is C29H31GeNS. The van der Waals surface area contributed by atoms with Crippen LogP contribution >= 0.6 is 11.3 Å². The van der Waals surface area contributed by atoms with E-state index in [2.05, 4.69) is 93.5 Å². The molecule has 0 atom stereocenters. The van der Waals surface area contributed by atoms with Gasteiger partial charge in [0.25, 0.3) is 0 Å². The second-order valence-corrected chi connectivity index (χ2v) is 22.5. The number of nitrogens with zero attached hydrogens (tertiary/aromatic N) is 1. The normalized spacial score (nSPS) is 13.3. The summed E-state index contributed by atoms with van der Waals surface area (Å²) in [6, 6.07) is 19.8. The van der Waals surface area contributed by atoms with Gasteiger partial charge in [-0.1, -0.05) is 0 Å². The van der Waals surface area contributed by atoms with E-state index >= 15 is 0 Å². The maximum absolute atomic E-state index is 8.52. The summed E-state index contributed by atoms with van der Waals surface area (Å²) >= 11 is -0.122. The standard InChI is InChI=1S/C29H31GeNS/c1-18-25(30(5,6)7)13-12-22-23-14-15-31-26(28(23)32-27(18)22)20-16-19-10-8-9-11-21(19)24(17-20)29(2,3)4/h8-17H,1-7H3/i15D. The van der Waals surface area contributed by atoms with Gasteiger partial charge in [-0.2, -0.15) is 0 Å². The monoisotopic (exact) mass is 500 g/mol. The zero-order chi connectivity index (χ0) is 23.7. The van der Waals surface area contributed by atoms with E-state index in [0.717, 1.165) is 16.6 Å². The molecule has 0 fully saturated rings. The Balaban J connectivity index is 1.87. The Hall–Kier alpha value is -2.17. The summed E-state index contributed by atoms with van der Waals surface area (Å²) in [7, 11) is 0. The number of rotatable bonds is 2. The van der Waals surface area contributed by atoms with Crippen LogP contribution in [0.2, 0.25) is 17.3 Å². The molecule has 1 nitrogen and oxygen atoms in total. The van der Waals surface area contributed by atoms with E-state index in [9.17, 15) is 0 Å². The summed E-state index contributed by atoms with van der Waals surface area (Å²) < 4.78 is 12.6. The fourth-order valence-electron chi connectivity index (χ4n) is 4.92. The first kappa shape index (κ1) is 20.4. The Morgan fingerprint density at radius 1 is 0.875 bits per heavy atom. The maximum atomic E-state index is 8.52. The Kier molecular flexibility index (Phi) is 4.75. The fourth-order valence-corrected chi connectivity index (χ4v) is 10.3. The molecule has 3 aromatic carbocycles. The minimum atomic E-state index is -1.97. The van der Waals surface area contributed by atoms with E-state index in [1.54, 1.807) is 4.40 Å². The molecule has 0 saturated heterocycles. The van der Waals surface area contributed by atoms with Gasteiger partial charge in [0.2, 0.25) is 0 Å². The molecule has 0 saturated carbocycles. The molecule has 32 heavy (non-hydrogen) atoms. The molecule has 0 aliphatic carbocycles. The summed E-state index contributed by atoms with van der Waals surface area (Å²) in [6.45, 7) is 9.09. The van der Waals surface area contributed by atoms with E-state index in [1.807, 2.05) is 17.4 Å². The summed E-state index contributed by atoms with van der Waals surface area (Å²) in [5.74, 6) is 7.37. The SMILES string of the molecule is [2H]c1cc2c(sc3c(C)[c]([Ge]([CH3])([CH3])[CH3])ccc32)c(-c2cc(C(C)(C)C)c3ccccc3c2)n1. The third-order valence-corrected chi connectivity index (χ3v) is 12.4. The van der Waals surface area contributed by atoms with Gasteiger partial charge >= 0.3 is 200 Å². The van der Waals surface area contributed by atoms with Crippen LogP contribution in [-0.2, 0) is 5.41 Å². The quantitative estimate of drug-likeness (QED) is 0.222. The predicted octanol–water partition coefficient (Wildman–Crippen LogP) is 8.42. The molecule has 162 valence electrons. The fraction of sp³-hybridized carbons (Fsp3) is 0.276. The van der Waals surface area contributed by atoms with Crippen LogP contribution in [0.4, 0.5) is 0 Å². The van der Waals surface area contributed by atoms with Gasteiger partial charge in [0.05, 0.1) is 0 Å². The van der Waals surface area contributed by atoms with Crippen molar-refractivity contribution in [1.82, 2.24) is 4.98 Å². The second kappa shape index (κ2) is 7.43. The zero-order valence-electron chi connectivity index (χ0n) is 21.1. The summed E-state index contributed by atoms with van der Waals surface area (Å²) in [5.41, 5.74) is 4.80. The molecule has 0 bridgehead atoms. The van der Waals surface area contributed by atoms with Gasteiger partial charge in [0.1, 0.15) is 0 Å². The van der Waals surface area contributed by atoms with E-state index < -0.39 is 13.3 Å². The topological polar surface area (TPSA) is 12.9 Å². The van der Waals surface area contributed by atoms with Crippen LogP contribution in [0.3, 0.4) is 0 Å². The van der Waals surface area contributed by atoms with Crippen molar-refractivity contribution in [3.8, 4) is 11.3 Å². The number of benzene rings is 3. The molecule has 3 heteroatoms. The van der Waals surface area contributed by atoms with Gasteiger partial charge in [0.15, 0.2) is 0 Å². The third-order valence-electron chi connectivity index (χ3n) is 6.50. The summed E-state index contributed by atoms with van der Waals surface area (Å²) in [4.78, 5) is 4.79. The van der Waals surface area contributed by atoms with Crippen molar-refractivity contribution < 1.29 is 1.37 Å². The van der Waals surface area contributed by atoms with Crippen molar-refractivity contribution >= 4 is 59.9 Å². The predicted molar refractivity (Wildman–Crippen MR) is 146 cm³/mol. The molecule has 0 spiro atoms. The summed E-state index contributed by atoms with van der Waals surface area (Å²) in [6.07, 6.45) is 0.331. The van der Waals surface area contributed by atoms with Crippen LogP contribution in [0.15, 0.2) is 60.8 Å². The molecule has 5 rings (SSSR count). The molecule has 0 aliphatic rings. The van der Waals surface area contributed by atoms with Gasteiger partial charge in [-0.3, -0.25) is 0 Å². The Morgan fingerprint density at radius 2 is 1.59 bits per heavy atom. The van der Waals surface area contributed by atoms with Gasteiger partial charge in [0, 0.05) is 0 Å². The zero-order valence-corrected chi connectivity index (χ0v) is 23.0. The number of hydrogen-bond donors (Lipinski definition) is 0. The number of hydrogen-bond acceptors (Lipinski definition) is 2. The molecule has 0 radical (unpaired) electrons. The van der Waals surface area contributed by atoms with Crippen LogP contribution < -0.4 is 4.40 Å². The van der Waals surface area contributed by atoms with Gasteiger partial charge in [-0.15, -0.1) is 0 Å². The van der Waals surface area contributed by atoms with Gasteiger partial charge < -0.3 is 0 Å². The van der Waals surface area contributed by atoms with Crippen molar-refractivity contribution in [1.29, 1.82) is 0 Å². The van der Waals surface area contributed by atoms with Crippen LogP contribution in [0.5, 0.6) is 0 Å². The molecule has 0 N–H and O–H groups in total. The van der Waals surface area contributed by atoms with Crippen LogP contribution in [0.1, 0.15) is 33.3 Å². The van der Waals surface area contributed by atoms with Crippen LogP contribution in [0.25, 0.3) is 42.2 Å². The third kappa shape index (κ3) is 3.48. The molecule has 2 aromatic heterocycles. The van der Waals surface area contributed by atoms with Crippen LogP contribution in [-0.4, -0.2) is 18.3 Å². The van der Waals surface area contributed by atoms with Crippen molar-refractivity contribution in [3.63, 3.8) is 0 Å². The van der Waals surface area contributed by atoms with E-state index in [-0.39, 0.29) is 5.41 Å². The van der Waals surface area contributed by atoms with Crippen molar-refractivity contribution in [2.24, 2.45) is 0 Å². The Morgan fingerprint density at radius 3 is 2.31 bits per heavy atom. The van der Waals surface area contributed by atoms with Crippen molar-refractivity contribution in [2.75, 3.05) is 0 Å². The number of aromatic nitrogens is 1.